The van der Waals surface area contributed by atoms with Crippen molar-refractivity contribution in [2.24, 2.45) is 0 Å². The van der Waals surface area contributed by atoms with Gasteiger partial charge in [-0.3, -0.25) is 0 Å². The van der Waals surface area contributed by atoms with Crippen LogP contribution in [0.25, 0.3) is 297 Å². The molecule has 0 fully saturated rings. The highest BCUT2D eigenvalue weighted by molar-refractivity contribution is 6.22. The molecule has 9 nitrogen and oxygen atoms in total. The minimum atomic E-state index is 0.639. The Morgan fingerprint density at radius 2 is 0.307 bits per heavy atom. The molecule has 0 unspecified atom stereocenters. The molecule has 0 aliphatic carbocycles. The van der Waals surface area contributed by atoms with E-state index in [1.807, 2.05) is 36.4 Å². The van der Waals surface area contributed by atoms with E-state index in [4.69, 9.17) is 44.9 Å². The molecule has 0 saturated carbocycles. The Kier molecular flexibility index (Phi) is 21.8. The van der Waals surface area contributed by atoms with Crippen LogP contribution in [0.1, 0.15) is 0 Å². The molecule has 0 atom stereocenters. The van der Waals surface area contributed by atoms with Crippen LogP contribution in [-0.2, 0) is 0 Å². The largest absolute Gasteiger partial charge is 0.208 e. The molecule has 696 valence electrons. The van der Waals surface area contributed by atoms with Crippen LogP contribution in [-0.4, -0.2) is 44.9 Å². The van der Waals surface area contributed by atoms with E-state index in [-0.39, 0.29) is 0 Å². The SMILES string of the molecule is c1ccc(-c2ccc3cc(-c4nc(-c5ccccc5)nc(-c5cc6ccccc6c6ccccc56)n4)ccc3c2)cc1.c1ccc(-c2nc(-c3ccc4ccccc4c3)nc(-c3cc4ccccc4c4ccccc34)n2)c(-c2ccc3ccc4c5ccccc5ccc4c3c2)c1.c1ccc(-c2nc(-c3cccc4ccccc34)nc(-c3cc4ccccc4c4ccccc34)n2)c(-c2ccc3ccc4c5ccccc5ccc4c3c2)c1. The lowest BCUT2D eigenvalue weighted by Gasteiger charge is -2.15. The van der Waals surface area contributed by atoms with E-state index in [2.05, 4.69) is 491 Å². The zero-order chi connectivity index (χ0) is 99.1. The predicted octanol–water partition coefficient (Wildman–Crippen LogP) is 36.9. The van der Waals surface area contributed by atoms with Gasteiger partial charge in [0.2, 0.25) is 0 Å². The number of aromatic nitrogens is 9. The second-order valence-electron chi connectivity index (χ2n) is 38.4. The maximum Gasteiger partial charge on any atom is 0.164 e. The fourth-order valence-corrected chi connectivity index (χ4v) is 22.3. The maximum atomic E-state index is 5.35. The van der Waals surface area contributed by atoms with Gasteiger partial charge in [-0.05, 0) is 243 Å². The zero-order valence-electron chi connectivity index (χ0n) is 81.3. The second-order valence-corrected chi connectivity index (χ2v) is 38.4. The summed E-state index contributed by atoms with van der Waals surface area (Å²) >= 11 is 0. The number of nitrogens with zero attached hydrogens (tertiary/aromatic N) is 9. The smallest absolute Gasteiger partial charge is 0.164 e. The minimum absolute atomic E-state index is 0.639. The van der Waals surface area contributed by atoms with Gasteiger partial charge in [-0.15, -0.1) is 0 Å². The summed E-state index contributed by atoms with van der Waals surface area (Å²) in [5, 5.41) is 35.8. The van der Waals surface area contributed by atoms with E-state index < -0.39 is 0 Å². The van der Waals surface area contributed by atoms with Crippen molar-refractivity contribution in [2.45, 2.75) is 0 Å². The van der Waals surface area contributed by atoms with Crippen molar-refractivity contribution in [3.05, 3.63) is 528 Å². The fraction of sp³-hybridized carbons (Fsp3) is 0. The molecule has 27 aromatic carbocycles. The van der Waals surface area contributed by atoms with Crippen molar-refractivity contribution in [3.63, 3.8) is 0 Å². The van der Waals surface area contributed by atoms with Crippen LogP contribution in [0.3, 0.4) is 0 Å². The molecule has 0 aliphatic rings. The molecule has 0 radical (unpaired) electrons. The summed E-state index contributed by atoms with van der Waals surface area (Å²) in [5.74, 6) is 5.85. The molecule has 150 heavy (non-hydrogen) atoms. The van der Waals surface area contributed by atoms with Crippen LogP contribution < -0.4 is 0 Å². The van der Waals surface area contributed by atoms with Crippen molar-refractivity contribution in [3.8, 4) is 136 Å². The molecule has 0 saturated heterocycles. The van der Waals surface area contributed by atoms with Crippen LogP contribution in [0, 0.1) is 0 Å². The van der Waals surface area contributed by atoms with Gasteiger partial charge >= 0.3 is 0 Å². The lowest BCUT2D eigenvalue weighted by atomic mass is 9.93. The van der Waals surface area contributed by atoms with E-state index in [9.17, 15) is 0 Å². The molecule has 0 aliphatic heterocycles. The van der Waals surface area contributed by atoms with Gasteiger partial charge in [0.15, 0.2) is 52.4 Å². The normalized spacial score (nSPS) is 11.6. The quantitative estimate of drug-likeness (QED) is 0.110. The zero-order valence-corrected chi connectivity index (χ0v) is 81.3. The highest BCUT2D eigenvalue weighted by atomic mass is 15.1. The summed E-state index contributed by atoms with van der Waals surface area (Å²) in [6.45, 7) is 0. The summed E-state index contributed by atoms with van der Waals surface area (Å²) in [5.41, 5.74) is 15.5. The molecule has 3 heterocycles. The van der Waals surface area contributed by atoms with Crippen LogP contribution in [0.5, 0.6) is 0 Å². The van der Waals surface area contributed by atoms with Gasteiger partial charge in [0, 0.05) is 50.1 Å². The number of rotatable bonds is 12. The average molecular weight is 1910 g/mol. The van der Waals surface area contributed by atoms with E-state index in [0.29, 0.717) is 52.4 Å². The first-order valence-electron chi connectivity index (χ1n) is 50.8. The van der Waals surface area contributed by atoms with E-state index >= 15 is 0 Å². The lowest BCUT2D eigenvalue weighted by Crippen LogP contribution is -2.02. The molecule has 30 aromatic rings. The van der Waals surface area contributed by atoms with Crippen LogP contribution in [0.4, 0.5) is 0 Å². The van der Waals surface area contributed by atoms with E-state index in [0.717, 1.165) is 126 Å². The van der Waals surface area contributed by atoms with Crippen molar-refractivity contribution >= 4 is 162 Å². The molecule has 0 spiro atoms. The van der Waals surface area contributed by atoms with Gasteiger partial charge in [0.25, 0.3) is 0 Å². The first kappa shape index (κ1) is 87.6. The average Bonchev–Trinajstić information content (AvgIpc) is 0.748. The topological polar surface area (TPSA) is 116 Å². The van der Waals surface area contributed by atoms with Crippen molar-refractivity contribution < 1.29 is 0 Å². The van der Waals surface area contributed by atoms with Crippen molar-refractivity contribution in [1.82, 2.24) is 44.9 Å². The number of fused-ring (bicyclic) bond motifs is 22. The standard InChI is InChI=1S/2C51H31N3.C39H25N3/c1-5-17-38-32(12-1)15-11-23-46(38)50-52-49(53-51(54-50)48-31-35-14-3-6-18-39(35)41-20-8-9-21-42(41)48)45-22-10-7-19-40(45)36-25-24-34-27-28-43-37-16-4-2-13-33(37)26-29-44(43)47(34)30-36;1-2-13-35-29-38(24-21-32(35)11-1)49-52-50(54-51(53-49)48-31-36-14-4-6-16-40(36)42-18-8-9-19-43(42)48)46-20-10-7-17-41(46)37-23-22-34-26-27-44-39-15-5-3-12-33(39)25-28-45(44)47(34)30-37;1-3-11-26(12-4-1)28-19-20-30-24-32(22-21-29(30)23-28)38-40-37(27-13-5-2-6-14-27)41-39(42-38)36-25-31-15-7-8-16-33(31)34-17-9-10-18-35(34)36/h2*1-31H;1-25H. The van der Waals surface area contributed by atoms with Crippen LogP contribution in [0.15, 0.2) is 528 Å². The summed E-state index contributed by atoms with van der Waals surface area (Å²) in [4.78, 5) is 46.9. The van der Waals surface area contributed by atoms with Gasteiger partial charge < -0.3 is 0 Å². The maximum absolute atomic E-state index is 5.35. The van der Waals surface area contributed by atoms with Gasteiger partial charge in [0.1, 0.15) is 0 Å². The third kappa shape index (κ3) is 16.0. The minimum Gasteiger partial charge on any atom is -0.208 e. The number of benzene rings is 27. The first-order valence-corrected chi connectivity index (χ1v) is 50.8. The van der Waals surface area contributed by atoms with Gasteiger partial charge in [-0.2, -0.15) is 0 Å². The van der Waals surface area contributed by atoms with Crippen molar-refractivity contribution in [1.29, 1.82) is 0 Å². The third-order valence-corrected chi connectivity index (χ3v) is 29.7. The molecule has 3 aromatic heterocycles. The predicted molar refractivity (Wildman–Crippen MR) is 627 cm³/mol. The number of hydrogen-bond donors (Lipinski definition) is 0. The third-order valence-electron chi connectivity index (χ3n) is 29.7. The first-order chi connectivity index (χ1) is 74.3. The summed E-state index contributed by atoms with van der Waals surface area (Å²) in [6.07, 6.45) is 0. The Balaban J connectivity index is 0.000000109. The van der Waals surface area contributed by atoms with Gasteiger partial charge in [0.05, 0.1) is 0 Å². The Bertz CT molecular complexity index is 10700. The Morgan fingerprint density at radius 3 is 0.733 bits per heavy atom. The van der Waals surface area contributed by atoms with Crippen LogP contribution >= 0.6 is 0 Å². The molecule has 0 bridgehead atoms. The summed E-state index contributed by atoms with van der Waals surface area (Å²) in [7, 11) is 0. The molecule has 30 rings (SSSR count). The van der Waals surface area contributed by atoms with Crippen molar-refractivity contribution in [2.75, 3.05) is 0 Å². The molecular formula is C141H87N9. The highest BCUT2D eigenvalue weighted by Crippen LogP contribution is 2.46. The van der Waals surface area contributed by atoms with Crippen LogP contribution in [0.2, 0.25) is 0 Å². The molecule has 9 heteroatoms. The summed E-state index contributed by atoms with van der Waals surface area (Å²) < 4.78 is 0. The highest BCUT2D eigenvalue weighted by Gasteiger charge is 2.25. The molecular weight excluding hydrogens is 1820 g/mol. The number of hydrogen-bond acceptors (Lipinski definition) is 9. The lowest BCUT2D eigenvalue weighted by molar-refractivity contribution is 1.08. The van der Waals surface area contributed by atoms with Gasteiger partial charge in [-0.1, -0.05) is 479 Å². The summed E-state index contributed by atoms with van der Waals surface area (Å²) in [6, 6.07) is 187. The van der Waals surface area contributed by atoms with E-state index in [1.54, 1.807) is 0 Å². The Hall–Kier alpha value is -20.1. The monoisotopic (exact) mass is 1910 g/mol. The molecule has 0 amide bonds. The Morgan fingerprint density at radius 1 is 0.0800 bits per heavy atom. The fourth-order valence-electron chi connectivity index (χ4n) is 22.3. The van der Waals surface area contributed by atoms with Gasteiger partial charge in [-0.25, -0.2) is 44.9 Å². The second kappa shape index (κ2) is 37.2. The molecule has 0 N–H and O–H groups in total. The van der Waals surface area contributed by atoms with E-state index in [1.165, 1.54) is 119 Å². The Labute approximate surface area is 863 Å².